The standard InChI is InChI=1S/C8H11F2N3O/c9-7(10)6-4(3-14)2-13-8(12)5(6)1-11/h2,7,14H,1,3,11H2,(H2,12,13). The van der Waals surface area contributed by atoms with Gasteiger partial charge in [0.1, 0.15) is 5.82 Å². The Balaban J connectivity index is 3.36. The molecule has 0 amide bonds. The smallest absolute Gasteiger partial charge is 0.264 e. The summed E-state index contributed by atoms with van der Waals surface area (Å²) in [4.78, 5) is 3.67. The minimum Gasteiger partial charge on any atom is -0.392 e. The maximum Gasteiger partial charge on any atom is 0.264 e. The molecule has 4 nitrogen and oxygen atoms in total. The average molecular weight is 203 g/mol. The number of aliphatic hydroxyl groups is 1. The van der Waals surface area contributed by atoms with E-state index in [0.717, 1.165) is 6.20 Å². The highest BCUT2D eigenvalue weighted by Crippen LogP contribution is 2.28. The lowest BCUT2D eigenvalue weighted by Crippen LogP contribution is -2.11. The van der Waals surface area contributed by atoms with Gasteiger partial charge in [0.25, 0.3) is 6.43 Å². The van der Waals surface area contributed by atoms with Gasteiger partial charge in [-0.15, -0.1) is 0 Å². The van der Waals surface area contributed by atoms with Gasteiger partial charge in [-0.3, -0.25) is 0 Å². The second-order valence-electron chi connectivity index (χ2n) is 2.72. The summed E-state index contributed by atoms with van der Waals surface area (Å²) in [5, 5.41) is 8.82. The maximum absolute atomic E-state index is 12.6. The molecule has 5 N–H and O–H groups in total. The van der Waals surface area contributed by atoms with Crippen molar-refractivity contribution < 1.29 is 13.9 Å². The third kappa shape index (κ3) is 1.80. The Bertz CT molecular complexity index is 331. The van der Waals surface area contributed by atoms with E-state index in [-0.39, 0.29) is 29.1 Å². The molecule has 0 saturated carbocycles. The summed E-state index contributed by atoms with van der Waals surface area (Å²) in [6.07, 6.45) is -1.57. The number of anilines is 1. The van der Waals surface area contributed by atoms with Gasteiger partial charge < -0.3 is 16.6 Å². The molecule has 1 rings (SSSR count). The first-order valence-electron chi connectivity index (χ1n) is 3.97. The molecule has 0 aliphatic carbocycles. The molecule has 0 aromatic carbocycles. The van der Waals surface area contributed by atoms with Crippen LogP contribution in [0.1, 0.15) is 23.1 Å². The predicted octanol–water partition coefficient (Wildman–Crippen LogP) is 0.552. The zero-order valence-corrected chi connectivity index (χ0v) is 7.37. The molecule has 0 atom stereocenters. The fourth-order valence-corrected chi connectivity index (χ4v) is 1.24. The average Bonchev–Trinajstić information content (AvgIpc) is 2.17. The molecule has 0 radical (unpaired) electrons. The Morgan fingerprint density at radius 3 is 2.57 bits per heavy atom. The van der Waals surface area contributed by atoms with Gasteiger partial charge >= 0.3 is 0 Å². The molecule has 0 bridgehead atoms. The number of alkyl halides is 2. The van der Waals surface area contributed by atoms with E-state index in [1.165, 1.54) is 0 Å². The Kier molecular flexibility index (Phi) is 3.32. The van der Waals surface area contributed by atoms with E-state index in [1.807, 2.05) is 0 Å². The number of rotatable bonds is 3. The minimum atomic E-state index is -2.71. The van der Waals surface area contributed by atoms with E-state index < -0.39 is 13.0 Å². The van der Waals surface area contributed by atoms with E-state index in [0.29, 0.717) is 0 Å². The quantitative estimate of drug-likeness (QED) is 0.669. The van der Waals surface area contributed by atoms with Crippen LogP contribution in [0, 0.1) is 0 Å². The maximum atomic E-state index is 12.6. The molecule has 0 aliphatic rings. The fraction of sp³-hybridized carbons (Fsp3) is 0.375. The van der Waals surface area contributed by atoms with Gasteiger partial charge in [0.05, 0.1) is 6.61 Å². The summed E-state index contributed by atoms with van der Waals surface area (Å²) in [6, 6.07) is 0. The lowest BCUT2D eigenvalue weighted by atomic mass is 10.0. The first-order chi connectivity index (χ1) is 6.61. The molecule has 6 heteroatoms. The van der Waals surface area contributed by atoms with E-state index in [1.54, 1.807) is 0 Å². The highest BCUT2D eigenvalue weighted by Gasteiger charge is 2.19. The Hall–Kier alpha value is -1.27. The predicted molar refractivity (Wildman–Crippen MR) is 47.4 cm³/mol. The molecule has 1 heterocycles. The van der Waals surface area contributed by atoms with E-state index in [2.05, 4.69) is 4.98 Å². The van der Waals surface area contributed by atoms with Crippen molar-refractivity contribution in [1.29, 1.82) is 0 Å². The summed E-state index contributed by atoms with van der Waals surface area (Å²) in [5.41, 5.74) is 10.5. The Morgan fingerprint density at radius 2 is 2.14 bits per heavy atom. The van der Waals surface area contributed by atoms with Crippen LogP contribution in [0.3, 0.4) is 0 Å². The molecule has 0 unspecified atom stereocenters. The summed E-state index contributed by atoms with van der Waals surface area (Å²) in [6.45, 7) is -0.619. The first-order valence-corrected chi connectivity index (χ1v) is 3.97. The SMILES string of the molecule is NCc1c(N)ncc(CO)c1C(F)F. The summed E-state index contributed by atoms with van der Waals surface area (Å²) in [7, 11) is 0. The number of aromatic nitrogens is 1. The first kappa shape index (κ1) is 10.8. The second-order valence-corrected chi connectivity index (χ2v) is 2.72. The molecular weight excluding hydrogens is 192 g/mol. The number of nitrogen functional groups attached to an aromatic ring is 1. The van der Waals surface area contributed by atoms with E-state index in [4.69, 9.17) is 16.6 Å². The van der Waals surface area contributed by atoms with Crippen LogP contribution in [0.25, 0.3) is 0 Å². The van der Waals surface area contributed by atoms with Crippen LogP contribution >= 0.6 is 0 Å². The normalized spacial score (nSPS) is 10.9. The fourth-order valence-electron chi connectivity index (χ4n) is 1.24. The second kappa shape index (κ2) is 4.30. The van der Waals surface area contributed by atoms with Gasteiger partial charge in [0.15, 0.2) is 0 Å². The summed E-state index contributed by atoms with van der Waals surface area (Å²) in [5.74, 6) is -0.0139. The van der Waals surface area contributed by atoms with Crippen LogP contribution in [0.15, 0.2) is 6.20 Å². The molecular formula is C8H11F2N3O. The molecule has 0 spiro atoms. The molecule has 14 heavy (non-hydrogen) atoms. The monoisotopic (exact) mass is 203 g/mol. The lowest BCUT2D eigenvalue weighted by Gasteiger charge is -2.12. The van der Waals surface area contributed by atoms with Crippen LogP contribution < -0.4 is 11.5 Å². The number of pyridine rings is 1. The van der Waals surface area contributed by atoms with Crippen molar-refractivity contribution in [2.24, 2.45) is 5.73 Å². The molecule has 0 aliphatic heterocycles. The molecule has 78 valence electrons. The number of nitrogens with two attached hydrogens (primary N) is 2. The highest BCUT2D eigenvalue weighted by atomic mass is 19.3. The Labute approximate surface area is 79.6 Å². The number of nitrogens with zero attached hydrogens (tertiary/aromatic N) is 1. The van der Waals surface area contributed by atoms with E-state index >= 15 is 0 Å². The molecule has 0 fully saturated rings. The van der Waals surface area contributed by atoms with Crippen molar-refractivity contribution in [3.63, 3.8) is 0 Å². The molecule has 1 aromatic rings. The van der Waals surface area contributed by atoms with Crippen LogP contribution in [0.4, 0.5) is 14.6 Å². The highest BCUT2D eigenvalue weighted by molar-refractivity contribution is 5.48. The van der Waals surface area contributed by atoms with Crippen molar-refractivity contribution in [2.45, 2.75) is 19.6 Å². The van der Waals surface area contributed by atoms with Crippen molar-refractivity contribution >= 4 is 5.82 Å². The van der Waals surface area contributed by atoms with Gasteiger partial charge in [-0.1, -0.05) is 0 Å². The Morgan fingerprint density at radius 1 is 1.50 bits per heavy atom. The third-order valence-electron chi connectivity index (χ3n) is 1.93. The van der Waals surface area contributed by atoms with Gasteiger partial charge in [-0.25, -0.2) is 13.8 Å². The lowest BCUT2D eigenvalue weighted by molar-refractivity contribution is 0.146. The van der Waals surface area contributed by atoms with Gasteiger partial charge in [0, 0.05) is 29.4 Å². The minimum absolute atomic E-state index is 0.0139. The molecule has 0 saturated heterocycles. The summed E-state index contributed by atoms with van der Waals surface area (Å²) >= 11 is 0. The van der Waals surface area contributed by atoms with Gasteiger partial charge in [-0.05, 0) is 0 Å². The van der Waals surface area contributed by atoms with E-state index in [9.17, 15) is 8.78 Å². The van der Waals surface area contributed by atoms with Crippen LogP contribution in [-0.2, 0) is 13.2 Å². The zero-order chi connectivity index (χ0) is 10.7. The van der Waals surface area contributed by atoms with Crippen LogP contribution in [0.2, 0.25) is 0 Å². The molecule has 1 aromatic heterocycles. The van der Waals surface area contributed by atoms with Crippen molar-refractivity contribution in [3.05, 3.63) is 22.9 Å². The van der Waals surface area contributed by atoms with Gasteiger partial charge in [-0.2, -0.15) is 0 Å². The largest absolute Gasteiger partial charge is 0.392 e. The van der Waals surface area contributed by atoms with Crippen molar-refractivity contribution in [2.75, 3.05) is 5.73 Å². The third-order valence-corrected chi connectivity index (χ3v) is 1.93. The van der Waals surface area contributed by atoms with Crippen molar-refractivity contribution in [1.82, 2.24) is 4.98 Å². The number of hydrogen-bond donors (Lipinski definition) is 3. The van der Waals surface area contributed by atoms with Crippen LogP contribution in [0.5, 0.6) is 0 Å². The van der Waals surface area contributed by atoms with Crippen LogP contribution in [-0.4, -0.2) is 10.1 Å². The topological polar surface area (TPSA) is 85.2 Å². The number of aliphatic hydroxyl groups excluding tert-OH is 1. The zero-order valence-electron chi connectivity index (χ0n) is 7.37. The number of hydrogen-bond acceptors (Lipinski definition) is 4. The number of halogens is 2. The van der Waals surface area contributed by atoms with Gasteiger partial charge in [0.2, 0.25) is 0 Å². The van der Waals surface area contributed by atoms with Crippen molar-refractivity contribution in [3.8, 4) is 0 Å². The summed E-state index contributed by atoms with van der Waals surface area (Å²) < 4.78 is 25.2.